The first kappa shape index (κ1) is 12.8. The number of carbonyl (C=O) groups excluding carboxylic acids is 1. The van der Waals surface area contributed by atoms with E-state index in [0.717, 1.165) is 0 Å². The van der Waals surface area contributed by atoms with Crippen LogP contribution < -0.4 is 9.64 Å². The van der Waals surface area contributed by atoms with Gasteiger partial charge in [0.15, 0.2) is 0 Å². The van der Waals surface area contributed by atoms with Crippen molar-refractivity contribution in [3.63, 3.8) is 0 Å². The number of benzene rings is 1. The van der Waals surface area contributed by atoms with Gasteiger partial charge in [0.05, 0.1) is 18.4 Å². The van der Waals surface area contributed by atoms with Crippen LogP contribution in [-0.4, -0.2) is 20.1 Å². The topological polar surface area (TPSA) is 53.3 Å². The summed E-state index contributed by atoms with van der Waals surface area (Å²) in [6, 6.07) is 7.02. The lowest BCUT2D eigenvalue weighted by Gasteiger charge is -2.18. The molecule has 1 aromatic rings. The number of rotatable bonds is 3. The number of hydrogen-bond acceptors (Lipinski definition) is 3. The summed E-state index contributed by atoms with van der Waals surface area (Å²) in [6.45, 7) is 5.23. The van der Waals surface area contributed by atoms with Gasteiger partial charge in [-0.1, -0.05) is 6.58 Å². The number of methoxy groups -OCH3 is 1. The van der Waals surface area contributed by atoms with Gasteiger partial charge in [-0.15, -0.1) is 0 Å². The maximum Gasteiger partial charge on any atom is 0.253 e. The summed E-state index contributed by atoms with van der Waals surface area (Å²) in [6.07, 6.45) is 0. The van der Waals surface area contributed by atoms with Crippen LogP contribution in [-0.2, 0) is 4.79 Å². The van der Waals surface area contributed by atoms with Crippen LogP contribution in [0.2, 0.25) is 0 Å². The van der Waals surface area contributed by atoms with Crippen molar-refractivity contribution in [2.45, 2.75) is 6.92 Å². The first-order valence-corrected chi connectivity index (χ1v) is 5.03. The molecule has 4 heteroatoms. The molecule has 0 aliphatic heterocycles. The molecule has 0 heterocycles. The summed E-state index contributed by atoms with van der Waals surface area (Å²) < 4.78 is 5.03. The Morgan fingerprint density at radius 3 is 2.65 bits per heavy atom. The monoisotopic (exact) mass is 230 g/mol. The maximum atomic E-state index is 11.8. The standard InChI is InChI=1S/C13H14N2O2/c1-9(2)13(16)15(3)12-6-5-11(17-4)7-10(12)8-14/h5-7H,1H2,2-4H3. The van der Waals surface area contributed by atoms with E-state index in [1.54, 1.807) is 32.2 Å². The van der Waals surface area contributed by atoms with Crippen molar-refractivity contribution in [1.29, 1.82) is 5.26 Å². The van der Waals surface area contributed by atoms with E-state index < -0.39 is 0 Å². The fourth-order valence-electron chi connectivity index (χ4n) is 1.42. The minimum atomic E-state index is -0.216. The summed E-state index contributed by atoms with van der Waals surface area (Å²) in [5.74, 6) is 0.369. The highest BCUT2D eigenvalue weighted by Gasteiger charge is 2.15. The second-order valence-corrected chi connectivity index (χ2v) is 3.64. The summed E-state index contributed by atoms with van der Waals surface area (Å²) in [5, 5.41) is 9.04. The highest BCUT2D eigenvalue weighted by Crippen LogP contribution is 2.24. The zero-order valence-corrected chi connectivity index (χ0v) is 10.2. The first-order valence-electron chi connectivity index (χ1n) is 5.03. The average Bonchev–Trinajstić information content (AvgIpc) is 2.35. The Bertz CT molecular complexity index is 501. The van der Waals surface area contributed by atoms with Crippen LogP contribution in [0.3, 0.4) is 0 Å². The van der Waals surface area contributed by atoms with E-state index in [9.17, 15) is 4.79 Å². The Hall–Kier alpha value is -2.28. The number of likely N-dealkylation sites (N-methyl/N-ethyl adjacent to an activating group) is 1. The van der Waals surface area contributed by atoms with Gasteiger partial charge in [-0.05, 0) is 25.1 Å². The van der Waals surface area contributed by atoms with Gasteiger partial charge in [-0.3, -0.25) is 4.79 Å². The Kier molecular flexibility index (Phi) is 3.89. The molecule has 0 saturated carbocycles. The molecule has 0 fully saturated rings. The second kappa shape index (κ2) is 5.17. The van der Waals surface area contributed by atoms with E-state index >= 15 is 0 Å². The largest absolute Gasteiger partial charge is 0.497 e. The van der Waals surface area contributed by atoms with Gasteiger partial charge in [0.25, 0.3) is 5.91 Å². The van der Waals surface area contributed by atoms with E-state index in [1.165, 1.54) is 12.0 Å². The number of ether oxygens (including phenoxy) is 1. The molecule has 0 N–H and O–H groups in total. The molecule has 1 aromatic carbocycles. The van der Waals surface area contributed by atoms with E-state index in [4.69, 9.17) is 10.00 Å². The van der Waals surface area contributed by atoms with Crippen LogP contribution in [0.25, 0.3) is 0 Å². The van der Waals surface area contributed by atoms with E-state index in [0.29, 0.717) is 22.6 Å². The molecular formula is C13H14N2O2. The van der Waals surface area contributed by atoms with Crippen molar-refractivity contribution in [2.24, 2.45) is 0 Å². The average molecular weight is 230 g/mol. The molecule has 0 aliphatic rings. The highest BCUT2D eigenvalue weighted by molar-refractivity contribution is 6.05. The van der Waals surface area contributed by atoms with E-state index in [1.807, 2.05) is 6.07 Å². The fourth-order valence-corrected chi connectivity index (χ4v) is 1.42. The van der Waals surface area contributed by atoms with Crippen LogP contribution >= 0.6 is 0 Å². The highest BCUT2D eigenvalue weighted by atomic mass is 16.5. The predicted octanol–water partition coefficient (Wildman–Crippen LogP) is 2.11. The molecule has 0 aliphatic carbocycles. The van der Waals surface area contributed by atoms with Crippen LogP contribution in [0.1, 0.15) is 12.5 Å². The SMILES string of the molecule is C=C(C)C(=O)N(C)c1ccc(OC)cc1C#N. The minimum absolute atomic E-state index is 0.216. The first-order chi connectivity index (χ1) is 8.01. The lowest BCUT2D eigenvalue weighted by Crippen LogP contribution is -2.27. The number of hydrogen-bond donors (Lipinski definition) is 0. The molecule has 0 bridgehead atoms. The van der Waals surface area contributed by atoms with Crippen molar-refractivity contribution in [1.82, 2.24) is 0 Å². The zero-order valence-electron chi connectivity index (χ0n) is 10.2. The second-order valence-electron chi connectivity index (χ2n) is 3.64. The summed E-state index contributed by atoms with van der Waals surface area (Å²) in [5.41, 5.74) is 1.36. The van der Waals surface area contributed by atoms with Crippen LogP contribution in [0.15, 0.2) is 30.4 Å². The van der Waals surface area contributed by atoms with Crippen LogP contribution in [0.5, 0.6) is 5.75 Å². The van der Waals surface area contributed by atoms with Crippen molar-refractivity contribution >= 4 is 11.6 Å². The van der Waals surface area contributed by atoms with Crippen molar-refractivity contribution < 1.29 is 9.53 Å². The van der Waals surface area contributed by atoms with Gasteiger partial charge < -0.3 is 9.64 Å². The summed E-state index contributed by atoms with van der Waals surface area (Å²) >= 11 is 0. The summed E-state index contributed by atoms with van der Waals surface area (Å²) in [7, 11) is 3.14. The molecule has 4 nitrogen and oxygen atoms in total. The van der Waals surface area contributed by atoms with Crippen molar-refractivity contribution in [3.05, 3.63) is 35.9 Å². The van der Waals surface area contributed by atoms with Crippen molar-refractivity contribution in [3.8, 4) is 11.8 Å². The van der Waals surface area contributed by atoms with Gasteiger partial charge in [0.1, 0.15) is 11.8 Å². The molecule has 0 unspecified atom stereocenters. The molecular weight excluding hydrogens is 216 g/mol. The molecule has 17 heavy (non-hydrogen) atoms. The molecule has 1 amide bonds. The third kappa shape index (κ3) is 2.64. The van der Waals surface area contributed by atoms with Crippen LogP contribution in [0, 0.1) is 11.3 Å². The lowest BCUT2D eigenvalue weighted by molar-refractivity contribution is -0.114. The van der Waals surface area contributed by atoms with Gasteiger partial charge >= 0.3 is 0 Å². The van der Waals surface area contributed by atoms with Gasteiger partial charge in [0, 0.05) is 12.6 Å². The molecule has 0 radical (unpaired) electrons. The lowest BCUT2D eigenvalue weighted by atomic mass is 10.1. The molecule has 0 aromatic heterocycles. The normalized spacial score (nSPS) is 9.29. The minimum Gasteiger partial charge on any atom is -0.497 e. The molecule has 0 atom stereocenters. The van der Waals surface area contributed by atoms with Gasteiger partial charge in [-0.25, -0.2) is 0 Å². The van der Waals surface area contributed by atoms with Gasteiger partial charge in [0.2, 0.25) is 0 Å². The Morgan fingerprint density at radius 1 is 1.53 bits per heavy atom. The smallest absolute Gasteiger partial charge is 0.253 e. The van der Waals surface area contributed by atoms with Gasteiger partial charge in [-0.2, -0.15) is 5.26 Å². The van der Waals surface area contributed by atoms with Crippen molar-refractivity contribution in [2.75, 3.05) is 19.1 Å². The molecule has 0 saturated heterocycles. The fraction of sp³-hybridized carbons (Fsp3) is 0.231. The Balaban J connectivity index is 3.19. The Morgan fingerprint density at radius 2 is 2.18 bits per heavy atom. The number of nitriles is 1. The Labute approximate surface area is 101 Å². The third-order valence-electron chi connectivity index (χ3n) is 2.36. The van der Waals surface area contributed by atoms with Crippen LogP contribution in [0.4, 0.5) is 5.69 Å². The zero-order chi connectivity index (χ0) is 13.0. The molecule has 1 rings (SSSR count). The molecule has 0 spiro atoms. The summed E-state index contributed by atoms with van der Waals surface area (Å²) in [4.78, 5) is 13.2. The van der Waals surface area contributed by atoms with E-state index in [2.05, 4.69) is 6.58 Å². The molecule has 88 valence electrons. The predicted molar refractivity (Wildman–Crippen MR) is 65.9 cm³/mol. The maximum absolute atomic E-state index is 11.8. The quantitative estimate of drug-likeness (QED) is 0.747. The number of anilines is 1. The van der Waals surface area contributed by atoms with E-state index in [-0.39, 0.29) is 5.91 Å². The number of amides is 1. The third-order valence-corrected chi connectivity index (χ3v) is 2.36. The number of carbonyl (C=O) groups is 1. The number of nitrogens with zero attached hydrogens (tertiary/aromatic N) is 2.